The molecule has 1 atom stereocenters. The summed E-state index contributed by atoms with van der Waals surface area (Å²) in [4.78, 5) is 0. The largest absolute Gasteiger partial charge is 0.488 e. The van der Waals surface area contributed by atoms with Gasteiger partial charge < -0.3 is 14.6 Å². The van der Waals surface area contributed by atoms with Crippen LogP contribution in [0, 0.1) is 0 Å². The zero-order valence-corrected chi connectivity index (χ0v) is 13.7. The lowest BCUT2D eigenvalue weighted by Crippen LogP contribution is -2.27. The number of alkyl halides is 3. The van der Waals surface area contributed by atoms with Crippen molar-refractivity contribution in [3.63, 3.8) is 0 Å². The number of hydrogen-bond acceptors (Lipinski definition) is 3. The molecule has 1 aromatic rings. The highest BCUT2D eigenvalue weighted by Crippen LogP contribution is 2.40. The van der Waals surface area contributed by atoms with Crippen molar-refractivity contribution in [1.82, 2.24) is 0 Å². The molecular formula is C16H23F3O3. The van der Waals surface area contributed by atoms with Crippen LogP contribution in [-0.2, 0) is 0 Å². The third kappa shape index (κ3) is 5.75. The first kappa shape index (κ1) is 18.6. The van der Waals surface area contributed by atoms with Crippen molar-refractivity contribution >= 4 is 0 Å². The second-order valence-corrected chi connectivity index (χ2v) is 7.07. The van der Waals surface area contributed by atoms with Crippen molar-refractivity contribution in [1.29, 1.82) is 0 Å². The molecule has 0 aliphatic rings. The monoisotopic (exact) mass is 320 g/mol. The van der Waals surface area contributed by atoms with Gasteiger partial charge in [0, 0.05) is 11.6 Å². The molecule has 0 aromatic heterocycles. The van der Waals surface area contributed by atoms with Gasteiger partial charge in [0.15, 0.2) is 6.10 Å². The van der Waals surface area contributed by atoms with E-state index in [0.29, 0.717) is 5.75 Å². The van der Waals surface area contributed by atoms with Gasteiger partial charge >= 0.3 is 6.18 Å². The van der Waals surface area contributed by atoms with Crippen LogP contribution in [0.2, 0.25) is 0 Å². The van der Waals surface area contributed by atoms with Crippen molar-refractivity contribution in [3.8, 4) is 11.5 Å². The maximum absolute atomic E-state index is 12.8. The Labute approximate surface area is 129 Å². The van der Waals surface area contributed by atoms with Gasteiger partial charge in [-0.25, -0.2) is 0 Å². The van der Waals surface area contributed by atoms with Crippen molar-refractivity contribution < 1.29 is 27.8 Å². The Morgan fingerprint density at radius 2 is 1.41 bits per heavy atom. The molecule has 126 valence electrons. The Morgan fingerprint density at radius 3 is 1.82 bits per heavy atom. The van der Waals surface area contributed by atoms with Gasteiger partial charge in [-0.15, -0.1) is 0 Å². The quantitative estimate of drug-likeness (QED) is 0.882. The maximum Gasteiger partial charge on any atom is 0.418 e. The van der Waals surface area contributed by atoms with Crippen molar-refractivity contribution in [2.75, 3.05) is 0 Å². The normalized spacial score (nSPS) is 14.6. The van der Waals surface area contributed by atoms with Gasteiger partial charge in [-0.1, -0.05) is 0 Å². The van der Waals surface area contributed by atoms with Gasteiger partial charge in [0.05, 0.1) is 0 Å². The molecule has 1 rings (SSSR count). The van der Waals surface area contributed by atoms with Crippen LogP contribution in [0.1, 0.15) is 53.2 Å². The SMILES string of the molecule is CC(C)(C)Oc1ccc(C(O)C(F)(F)F)c(OC(C)(C)C)c1. The number of aliphatic hydroxyl groups excluding tert-OH is 1. The van der Waals surface area contributed by atoms with Gasteiger partial charge in [-0.2, -0.15) is 13.2 Å². The first-order valence-electron chi connectivity index (χ1n) is 6.96. The fraction of sp³-hybridized carbons (Fsp3) is 0.625. The second kappa shape index (κ2) is 5.99. The molecule has 0 amide bonds. The average Bonchev–Trinajstić information content (AvgIpc) is 2.22. The topological polar surface area (TPSA) is 38.7 Å². The molecule has 1 unspecified atom stereocenters. The average molecular weight is 320 g/mol. The van der Waals surface area contributed by atoms with E-state index < -0.39 is 23.5 Å². The number of ether oxygens (including phenoxy) is 2. The van der Waals surface area contributed by atoms with E-state index in [-0.39, 0.29) is 11.3 Å². The fourth-order valence-electron chi connectivity index (χ4n) is 1.75. The smallest absolute Gasteiger partial charge is 0.418 e. The molecule has 0 aliphatic heterocycles. The number of rotatable bonds is 3. The second-order valence-electron chi connectivity index (χ2n) is 7.07. The van der Waals surface area contributed by atoms with E-state index >= 15 is 0 Å². The highest BCUT2D eigenvalue weighted by Gasteiger charge is 2.41. The summed E-state index contributed by atoms with van der Waals surface area (Å²) >= 11 is 0. The molecule has 0 aliphatic carbocycles. The predicted molar refractivity (Wildman–Crippen MR) is 78.2 cm³/mol. The fourth-order valence-corrected chi connectivity index (χ4v) is 1.75. The summed E-state index contributed by atoms with van der Waals surface area (Å²) in [5.74, 6) is 0.337. The maximum atomic E-state index is 12.8. The van der Waals surface area contributed by atoms with Crippen molar-refractivity contribution in [2.45, 2.75) is 65.0 Å². The first-order chi connectivity index (χ1) is 9.69. The summed E-state index contributed by atoms with van der Waals surface area (Å²) in [7, 11) is 0. The third-order valence-electron chi connectivity index (χ3n) is 2.43. The Morgan fingerprint density at radius 1 is 0.909 bits per heavy atom. The van der Waals surface area contributed by atoms with Crippen LogP contribution in [0.4, 0.5) is 13.2 Å². The molecule has 0 heterocycles. The molecule has 22 heavy (non-hydrogen) atoms. The molecule has 0 fully saturated rings. The van der Waals surface area contributed by atoms with E-state index in [2.05, 4.69) is 0 Å². The Kier molecular flexibility index (Phi) is 5.07. The predicted octanol–water partition coefficient (Wildman–Crippen LogP) is 4.64. The molecule has 3 nitrogen and oxygen atoms in total. The van der Waals surface area contributed by atoms with Crippen LogP contribution in [0.3, 0.4) is 0 Å². The number of aliphatic hydroxyl groups is 1. The Balaban J connectivity index is 3.27. The number of halogens is 3. The zero-order valence-electron chi connectivity index (χ0n) is 13.7. The van der Waals surface area contributed by atoms with Gasteiger partial charge in [0.1, 0.15) is 22.7 Å². The summed E-state index contributed by atoms with van der Waals surface area (Å²) in [6, 6.07) is 3.95. The highest BCUT2D eigenvalue weighted by molar-refractivity contribution is 5.43. The lowest BCUT2D eigenvalue weighted by atomic mass is 10.1. The minimum Gasteiger partial charge on any atom is -0.488 e. The van der Waals surface area contributed by atoms with Crippen LogP contribution in [0.5, 0.6) is 11.5 Å². The van der Waals surface area contributed by atoms with E-state index in [0.717, 1.165) is 0 Å². The van der Waals surface area contributed by atoms with Crippen LogP contribution in [-0.4, -0.2) is 22.5 Å². The number of benzene rings is 1. The number of hydrogen-bond donors (Lipinski definition) is 1. The van der Waals surface area contributed by atoms with Gasteiger partial charge in [-0.3, -0.25) is 0 Å². The minimum atomic E-state index is -4.76. The van der Waals surface area contributed by atoms with Crippen molar-refractivity contribution in [2.24, 2.45) is 0 Å². The Hall–Kier alpha value is -1.43. The summed E-state index contributed by atoms with van der Waals surface area (Å²) < 4.78 is 49.5. The first-order valence-corrected chi connectivity index (χ1v) is 6.96. The van der Waals surface area contributed by atoms with Gasteiger partial charge in [0.2, 0.25) is 0 Å². The van der Waals surface area contributed by atoms with Crippen LogP contribution >= 0.6 is 0 Å². The zero-order chi connectivity index (χ0) is 17.3. The molecular weight excluding hydrogens is 297 g/mol. The third-order valence-corrected chi connectivity index (χ3v) is 2.43. The minimum absolute atomic E-state index is 0.0425. The molecule has 0 spiro atoms. The summed E-state index contributed by atoms with van der Waals surface area (Å²) in [5.41, 5.74) is -1.53. The summed E-state index contributed by atoms with van der Waals surface area (Å²) in [6.45, 7) is 10.6. The lowest BCUT2D eigenvalue weighted by Gasteiger charge is -2.27. The molecule has 6 heteroatoms. The molecule has 0 saturated carbocycles. The van der Waals surface area contributed by atoms with Crippen LogP contribution in [0.15, 0.2) is 18.2 Å². The summed E-state index contributed by atoms with van der Waals surface area (Å²) in [6.07, 6.45) is -7.36. The van der Waals surface area contributed by atoms with Crippen LogP contribution in [0.25, 0.3) is 0 Å². The van der Waals surface area contributed by atoms with Gasteiger partial charge in [-0.05, 0) is 53.7 Å². The van der Waals surface area contributed by atoms with E-state index in [1.54, 1.807) is 20.8 Å². The lowest BCUT2D eigenvalue weighted by molar-refractivity contribution is -0.207. The standard InChI is InChI=1S/C16H23F3O3/c1-14(2,3)21-10-7-8-11(13(20)16(17,18)19)12(9-10)22-15(4,5)6/h7-9,13,20H,1-6H3. The highest BCUT2D eigenvalue weighted by atomic mass is 19.4. The van der Waals surface area contributed by atoms with Gasteiger partial charge in [0.25, 0.3) is 0 Å². The molecule has 0 bridgehead atoms. The molecule has 1 N–H and O–H groups in total. The van der Waals surface area contributed by atoms with E-state index in [9.17, 15) is 18.3 Å². The summed E-state index contributed by atoms with van der Waals surface area (Å²) in [5, 5.41) is 9.51. The van der Waals surface area contributed by atoms with E-state index in [4.69, 9.17) is 9.47 Å². The van der Waals surface area contributed by atoms with Crippen LogP contribution < -0.4 is 9.47 Å². The molecule has 0 saturated heterocycles. The van der Waals surface area contributed by atoms with E-state index in [1.807, 2.05) is 20.8 Å². The van der Waals surface area contributed by atoms with Crippen molar-refractivity contribution in [3.05, 3.63) is 23.8 Å². The molecule has 0 radical (unpaired) electrons. The molecule has 1 aromatic carbocycles. The van der Waals surface area contributed by atoms with E-state index in [1.165, 1.54) is 18.2 Å². The Bertz CT molecular complexity index is 511.